The van der Waals surface area contributed by atoms with Crippen molar-refractivity contribution in [1.82, 2.24) is 0 Å². The quantitative estimate of drug-likeness (QED) is 0.719. The Labute approximate surface area is 72.3 Å². The summed E-state index contributed by atoms with van der Waals surface area (Å²) in [7, 11) is 0. The van der Waals surface area contributed by atoms with Gasteiger partial charge in [-0.3, -0.25) is 4.79 Å². The van der Waals surface area contributed by atoms with Crippen LogP contribution in [0.2, 0.25) is 0 Å². The SMILES string of the molecule is Cc1occc1CC(=O)C(F)(F)F. The fourth-order valence-electron chi connectivity index (χ4n) is 0.868. The van der Waals surface area contributed by atoms with Crippen molar-refractivity contribution in [1.29, 1.82) is 0 Å². The number of Topliss-reactive ketones (excluding diaryl/α,β-unsaturated/α-hetero) is 1. The largest absolute Gasteiger partial charge is 0.469 e. The Balaban J connectivity index is 2.71. The van der Waals surface area contributed by atoms with Gasteiger partial charge in [0.25, 0.3) is 0 Å². The lowest BCUT2D eigenvalue weighted by Gasteiger charge is -2.03. The van der Waals surface area contributed by atoms with E-state index in [1.165, 1.54) is 19.3 Å². The molecule has 5 heteroatoms. The van der Waals surface area contributed by atoms with E-state index < -0.39 is 18.4 Å². The van der Waals surface area contributed by atoms with E-state index in [1.807, 2.05) is 0 Å². The standard InChI is InChI=1S/C8H7F3O2/c1-5-6(2-3-13-5)4-7(12)8(9,10)11/h2-3H,4H2,1H3. The molecule has 0 aliphatic carbocycles. The highest BCUT2D eigenvalue weighted by Crippen LogP contribution is 2.20. The number of carbonyl (C=O) groups excluding carboxylic acids is 1. The van der Waals surface area contributed by atoms with Crippen molar-refractivity contribution in [3.05, 3.63) is 23.7 Å². The lowest BCUT2D eigenvalue weighted by atomic mass is 10.1. The van der Waals surface area contributed by atoms with Gasteiger partial charge in [0, 0.05) is 12.0 Å². The third-order valence-corrected chi connectivity index (χ3v) is 1.63. The minimum absolute atomic E-state index is 0.280. The molecule has 0 radical (unpaired) electrons. The lowest BCUT2D eigenvalue weighted by molar-refractivity contribution is -0.170. The van der Waals surface area contributed by atoms with E-state index in [9.17, 15) is 18.0 Å². The number of aryl methyl sites for hydroxylation is 1. The molecule has 0 N–H and O–H groups in total. The molecule has 0 aliphatic rings. The summed E-state index contributed by atoms with van der Waals surface area (Å²) in [6, 6.07) is 1.36. The Kier molecular flexibility index (Phi) is 2.45. The molecular formula is C8H7F3O2. The van der Waals surface area contributed by atoms with Crippen LogP contribution >= 0.6 is 0 Å². The van der Waals surface area contributed by atoms with Crippen LogP contribution < -0.4 is 0 Å². The van der Waals surface area contributed by atoms with Gasteiger partial charge in [-0.1, -0.05) is 0 Å². The Morgan fingerprint density at radius 3 is 2.54 bits per heavy atom. The van der Waals surface area contributed by atoms with Crippen molar-refractivity contribution in [2.45, 2.75) is 19.5 Å². The molecule has 0 aliphatic heterocycles. The van der Waals surface area contributed by atoms with Gasteiger partial charge >= 0.3 is 6.18 Å². The van der Waals surface area contributed by atoms with Crippen molar-refractivity contribution >= 4 is 5.78 Å². The Morgan fingerprint density at radius 2 is 2.15 bits per heavy atom. The topological polar surface area (TPSA) is 30.2 Å². The molecule has 0 spiro atoms. The van der Waals surface area contributed by atoms with Gasteiger partial charge in [0.15, 0.2) is 0 Å². The number of alkyl halides is 3. The number of furan rings is 1. The number of hydrogen-bond donors (Lipinski definition) is 0. The average molecular weight is 192 g/mol. The highest BCUT2D eigenvalue weighted by atomic mass is 19.4. The van der Waals surface area contributed by atoms with Gasteiger partial charge in [-0.25, -0.2) is 0 Å². The monoisotopic (exact) mass is 192 g/mol. The van der Waals surface area contributed by atoms with Crippen LogP contribution in [0, 0.1) is 6.92 Å². The summed E-state index contributed by atoms with van der Waals surface area (Å²) in [5, 5.41) is 0. The van der Waals surface area contributed by atoms with Crippen LogP contribution in [0.25, 0.3) is 0 Å². The van der Waals surface area contributed by atoms with Crippen LogP contribution in [-0.4, -0.2) is 12.0 Å². The van der Waals surface area contributed by atoms with Crippen LogP contribution in [0.4, 0.5) is 13.2 Å². The molecule has 0 bridgehead atoms. The molecule has 72 valence electrons. The molecule has 13 heavy (non-hydrogen) atoms. The first-order chi connectivity index (χ1) is 5.91. The zero-order chi connectivity index (χ0) is 10.1. The Morgan fingerprint density at radius 1 is 1.54 bits per heavy atom. The van der Waals surface area contributed by atoms with E-state index in [4.69, 9.17) is 4.42 Å². The first kappa shape index (κ1) is 9.83. The van der Waals surface area contributed by atoms with Crippen LogP contribution in [-0.2, 0) is 11.2 Å². The number of hydrogen-bond acceptors (Lipinski definition) is 2. The summed E-state index contributed by atoms with van der Waals surface area (Å²) >= 11 is 0. The Bertz CT molecular complexity index is 311. The van der Waals surface area contributed by atoms with Gasteiger partial charge in [-0.15, -0.1) is 0 Å². The fraction of sp³-hybridized carbons (Fsp3) is 0.375. The predicted octanol–water partition coefficient (Wildman–Crippen LogP) is 2.26. The van der Waals surface area contributed by atoms with Crippen molar-refractivity contribution in [2.75, 3.05) is 0 Å². The summed E-state index contributed by atoms with van der Waals surface area (Å²) in [5.74, 6) is -1.41. The minimum Gasteiger partial charge on any atom is -0.469 e. The van der Waals surface area contributed by atoms with E-state index in [1.54, 1.807) is 0 Å². The second-order valence-electron chi connectivity index (χ2n) is 2.60. The lowest BCUT2D eigenvalue weighted by Crippen LogP contribution is -2.24. The summed E-state index contributed by atoms with van der Waals surface area (Å²) in [5.41, 5.74) is 0.280. The highest BCUT2D eigenvalue weighted by molar-refractivity contribution is 5.86. The molecule has 1 heterocycles. The van der Waals surface area contributed by atoms with Crippen LogP contribution in [0.3, 0.4) is 0 Å². The van der Waals surface area contributed by atoms with Crippen LogP contribution in [0.5, 0.6) is 0 Å². The van der Waals surface area contributed by atoms with Gasteiger partial charge in [0.1, 0.15) is 5.76 Å². The first-order valence-corrected chi connectivity index (χ1v) is 3.54. The van der Waals surface area contributed by atoms with Gasteiger partial charge in [0.2, 0.25) is 5.78 Å². The smallest absolute Gasteiger partial charge is 0.450 e. The average Bonchev–Trinajstić information content (AvgIpc) is 2.34. The molecular weight excluding hydrogens is 185 g/mol. The van der Waals surface area contributed by atoms with E-state index in [-0.39, 0.29) is 5.56 Å². The minimum atomic E-state index is -4.76. The second kappa shape index (κ2) is 3.24. The van der Waals surface area contributed by atoms with Gasteiger partial charge in [-0.2, -0.15) is 13.2 Å². The molecule has 2 nitrogen and oxygen atoms in total. The van der Waals surface area contributed by atoms with Crippen molar-refractivity contribution in [2.24, 2.45) is 0 Å². The molecule has 0 saturated carbocycles. The summed E-state index contributed by atoms with van der Waals surface area (Å²) < 4.78 is 40.1. The normalized spacial score (nSPS) is 11.7. The molecule has 0 unspecified atom stereocenters. The Hall–Kier alpha value is -1.26. The fourth-order valence-corrected chi connectivity index (χ4v) is 0.868. The number of carbonyl (C=O) groups is 1. The molecule has 1 aromatic heterocycles. The molecule has 0 atom stereocenters. The van der Waals surface area contributed by atoms with E-state index in [0.717, 1.165) is 0 Å². The van der Waals surface area contributed by atoms with Crippen LogP contribution in [0.15, 0.2) is 16.7 Å². The van der Waals surface area contributed by atoms with E-state index >= 15 is 0 Å². The van der Waals surface area contributed by atoms with Gasteiger partial charge < -0.3 is 4.42 Å². The first-order valence-electron chi connectivity index (χ1n) is 3.54. The van der Waals surface area contributed by atoms with E-state index in [2.05, 4.69) is 0 Å². The summed E-state index contributed by atoms with van der Waals surface area (Å²) in [4.78, 5) is 10.5. The maximum absolute atomic E-state index is 11.8. The molecule has 1 aromatic rings. The molecule has 0 fully saturated rings. The zero-order valence-electron chi connectivity index (χ0n) is 6.81. The number of ketones is 1. The highest BCUT2D eigenvalue weighted by Gasteiger charge is 2.38. The molecule has 0 amide bonds. The third-order valence-electron chi connectivity index (χ3n) is 1.63. The predicted molar refractivity (Wildman–Crippen MR) is 38.2 cm³/mol. The molecule has 1 rings (SSSR count). The van der Waals surface area contributed by atoms with E-state index in [0.29, 0.717) is 5.76 Å². The second-order valence-corrected chi connectivity index (χ2v) is 2.60. The van der Waals surface area contributed by atoms with Crippen molar-refractivity contribution in [3.63, 3.8) is 0 Å². The van der Waals surface area contributed by atoms with Crippen LogP contribution in [0.1, 0.15) is 11.3 Å². The molecule has 0 aromatic carbocycles. The number of halogens is 3. The van der Waals surface area contributed by atoms with Gasteiger partial charge in [0.05, 0.1) is 6.26 Å². The van der Waals surface area contributed by atoms with Crippen molar-refractivity contribution < 1.29 is 22.4 Å². The summed E-state index contributed by atoms with van der Waals surface area (Å²) in [6.45, 7) is 1.51. The van der Waals surface area contributed by atoms with Gasteiger partial charge in [-0.05, 0) is 13.0 Å². The summed E-state index contributed by atoms with van der Waals surface area (Å²) in [6.07, 6.45) is -4.15. The zero-order valence-corrected chi connectivity index (χ0v) is 6.81. The maximum Gasteiger partial charge on any atom is 0.450 e. The maximum atomic E-state index is 11.8. The van der Waals surface area contributed by atoms with Crippen molar-refractivity contribution in [3.8, 4) is 0 Å². The number of rotatable bonds is 2. The molecule has 0 saturated heterocycles. The third kappa shape index (κ3) is 2.34.